The molecule has 1 unspecified atom stereocenters. The highest BCUT2D eigenvalue weighted by molar-refractivity contribution is 14.1. The van der Waals surface area contributed by atoms with Gasteiger partial charge in [-0.25, -0.2) is 4.39 Å². The number of rotatable bonds is 5. The van der Waals surface area contributed by atoms with Crippen molar-refractivity contribution in [3.05, 3.63) is 33.1 Å². The first-order chi connectivity index (χ1) is 7.13. The van der Waals surface area contributed by atoms with E-state index in [0.29, 0.717) is 6.04 Å². The molecule has 0 aliphatic carbocycles. The normalized spacial score (nSPS) is 12.8. The van der Waals surface area contributed by atoms with E-state index in [9.17, 15) is 4.39 Å². The number of hydrogen-bond donors (Lipinski definition) is 2. The first-order valence-electron chi connectivity index (χ1n) is 4.95. The van der Waals surface area contributed by atoms with Crippen LogP contribution in [0.1, 0.15) is 12.5 Å². The van der Waals surface area contributed by atoms with Crippen LogP contribution >= 0.6 is 22.6 Å². The highest BCUT2D eigenvalue weighted by Gasteiger charge is 2.03. The topological polar surface area (TPSA) is 24.1 Å². The maximum absolute atomic E-state index is 12.8. The Morgan fingerprint density at radius 1 is 1.47 bits per heavy atom. The molecule has 15 heavy (non-hydrogen) atoms. The van der Waals surface area contributed by atoms with E-state index in [1.807, 2.05) is 13.1 Å². The Bertz CT molecular complexity index is 317. The summed E-state index contributed by atoms with van der Waals surface area (Å²) >= 11 is 2.16. The molecule has 1 aromatic rings. The van der Waals surface area contributed by atoms with Crippen molar-refractivity contribution in [2.75, 3.05) is 13.6 Å². The maximum Gasteiger partial charge on any atom is 0.124 e. The highest BCUT2D eigenvalue weighted by atomic mass is 127. The Balaban J connectivity index is 2.50. The lowest BCUT2D eigenvalue weighted by Gasteiger charge is -2.13. The minimum absolute atomic E-state index is 0.175. The average Bonchev–Trinajstić information content (AvgIpc) is 2.17. The second-order valence-corrected chi connectivity index (χ2v) is 4.74. The molecule has 0 saturated heterocycles. The molecule has 0 spiro atoms. The molecule has 2 nitrogen and oxygen atoms in total. The molecule has 0 radical (unpaired) electrons. The fourth-order valence-electron chi connectivity index (χ4n) is 1.33. The zero-order chi connectivity index (χ0) is 11.3. The van der Waals surface area contributed by atoms with Crippen LogP contribution in [0, 0.1) is 9.39 Å². The van der Waals surface area contributed by atoms with Gasteiger partial charge in [-0.05, 0) is 54.3 Å². The maximum atomic E-state index is 12.8. The SMILES string of the molecule is CNCC(C)NCc1ccc(F)cc1I. The molecular formula is C11H16FIN2. The van der Waals surface area contributed by atoms with Crippen molar-refractivity contribution in [3.63, 3.8) is 0 Å². The molecule has 1 rings (SSSR count). The van der Waals surface area contributed by atoms with E-state index in [2.05, 4.69) is 40.1 Å². The number of hydrogen-bond acceptors (Lipinski definition) is 2. The van der Waals surface area contributed by atoms with Gasteiger partial charge in [0.25, 0.3) is 0 Å². The van der Waals surface area contributed by atoms with Crippen molar-refractivity contribution in [3.8, 4) is 0 Å². The minimum Gasteiger partial charge on any atom is -0.318 e. The molecule has 0 amide bonds. The van der Waals surface area contributed by atoms with Crippen LogP contribution in [0.25, 0.3) is 0 Å². The first-order valence-corrected chi connectivity index (χ1v) is 6.03. The molecule has 0 heterocycles. The van der Waals surface area contributed by atoms with E-state index < -0.39 is 0 Å². The Morgan fingerprint density at radius 3 is 2.80 bits per heavy atom. The standard InChI is InChI=1S/C11H16FIN2/c1-8(6-14-2)15-7-9-3-4-10(12)5-11(9)13/h3-5,8,14-15H,6-7H2,1-2H3. The van der Waals surface area contributed by atoms with Crippen LogP contribution in [0.3, 0.4) is 0 Å². The zero-order valence-corrected chi connectivity index (χ0v) is 11.1. The zero-order valence-electron chi connectivity index (χ0n) is 8.98. The van der Waals surface area contributed by atoms with Crippen LogP contribution in [0.5, 0.6) is 0 Å². The Hall–Kier alpha value is -0.200. The number of nitrogens with one attached hydrogen (secondary N) is 2. The molecule has 2 N–H and O–H groups in total. The van der Waals surface area contributed by atoms with Gasteiger partial charge in [0.1, 0.15) is 5.82 Å². The fraction of sp³-hybridized carbons (Fsp3) is 0.455. The van der Waals surface area contributed by atoms with E-state index in [1.165, 1.54) is 6.07 Å². The summed E-state index contributed by atoms with van der Waals surface area (Å²) in [5, 5.41) is 6.47. The molecule has 0 aromatic heterocycles. The lowest BCUT2D eigenvalue weighted by Crippen LogP contribution is -2.34. The Morgan fingerprint density at radius 2 is 2.20 bits per heavy atom. The van der Waals surface area contributed by atoms with Crippen molar-refractivity contribution < 1.29 is 4.39 Å². The third-order valence-electron chi connectivity index (χ3n) is 2.17. The van der Waals surface area contributed by atoms with E-state index in [4.69, 9.17) is 0 Å². The number of halogens is 2. The fourth-order valence-corrected chi connectivity index (χ4v) is 2.00. The molecule has 0 aliphatic rings. The van der Waals surface area contributed by atoms with E-state index in [1.54, 1.807) is 6.07 Å². The summed E-state index contributed by atoms with van der Waals surface area (Å²) < 4.78 is 13.8. The highest BCUT2D eigenvalue weighted by Crippen LogP contribution is 2.13. The van der Waals surface area contributed by atoms with Gasteiger partial charge in [-0.1, -0.05) is 6.07 Å². The van der Waals surface area contributed by atoms with E-state index in [-0.39, 0.29) is 5.82 Å². The van der Waals surface area contributed by atoms with Crippen molar-refractivity contribution in [2.24, 2.45) is 0 Å². The largest absolute Gasteiger partial charge is 0.318 e. The summed E-state index contributed by atoms with van der Waals surface area (Å²) in [5.74, 6) is -0.175. The van der Waals surface area contributed by atoms with Gasteiger partial charge in [-0.2, -0.15) is 0 Å². The Kier molecular flexibility index (Phi) is 5.49. The lowest BCUT2D eigenvalue weighted by molar-refractivity contribution is 0.522. The second kappa shape index (κ2) is 6.40. The van der Waals surface area contributed by atoms with Crippen molar-refractivity contribution in [1.29, 1.82) is 0 Å². The smallest absolute Gasteiger partial charge is 0.124 e. The van der Waals surface area contributed by atoms with Crippen molar-refractivity contribution >= 4 is 22.6 Å². The van der Waals surface area contributed by atoms with Gasteiger partial charge in [0.05, 0.1) is 0 Å². The van der Waals surface area contributed by atoms with Crippen LogP contribution in [0.4, 0.5) is 4.39 Å². The van der Waals surface area contributed by atoms with Crippen LogP contribution in [-0.2, 0) is 6.54 Å². The molecule has 4 heteroatoms. The van der Waals surface area contributed by atoms with Gasteiger partial charge < -0.3 is 10.6 Å². The summed E-state index contributed by atoms with van der Waals surface area (Å²) in [6.07, 6.45) is 0. The molecule has 0 fully saturated rings. The van der Waals surface area contributed by atoms with Crippen LogP contribution < -0.4 is 10.6 Å². The minimum atomic E-state index is -0.175. The van der Waals surface area contributed by atoms with Crippen LogP contribution in [-0.4, -0.2) is 19.6 Å². The van der Waals surface area contributed by atoms with Gasteiger partial charge in [0.2, 0.25) is 0 Å². The van der Waals surface area contributed by atoms with Gasteiger partial charge in [-0.3, -0.25) is 0 Å². The van der Waals surface area contributed by atoms with Crippen LogP contribution in [0.2, 0.25) is 0 Å². The summed E-state index contributed by atoms with van der Waals surface area (Å²) in [5.41, 5.74) is 1.14. The Labute approximate surface area is 104 Å². The molecule has 0 bridgehead atoms. The summed E-state index contributed by atoms with van der Waals surface area (Å²) in [4.78, 5) is 0. The van der Waals surface area contributed by atoms with Crippen molar-refractivity contribution in [1.82, 2.24) is 10.6 Å². The van der Waals surface area contributed by atoms with Gasteiger partial charge in [0, 0.05) is 22.7 Å². The van der Waals surface area contributed by atoms with E-state index >= 15 is 0 Å². The van der Waals surface area contributed by atoms with Crippen LogP contribution in [0.15, 0.2) is 18.2 Å². The van der Waals surface area contributed by atoms with Gasteiger partial charge in [-0.15, -0.1) is 0 Å². The lowest BCUT2D eigenvalue weighted by atomic mass is 10.2. The van der Waals surface area contributed by atoms with E-state index in [0.717, 1.165) is 22.2 Å². The van der Waals surface area contributed by atoms with Gasteiger partial charge in [0.15, 0.2) is 0 Å². The molecule has 84 valence electrons. The number of benzene rings is 1. The molecule has 1 atom stereocenters. The summed E-state index contributed by atoms with van der Waals surface area (Å²) in [6, 6.07) is 5.30. The average molecular weight is 322 g/mol. The number of likely N-dealkylation sites (N-methyl/N-ethyl adjacent to an activating group) is 1. The third kappa shape index (κ3) is 4.44. The van der Waals surface area contributed by atoms with Crippen molar-refractivity contribution in [2.45, 2.75) is 19.5 Å². The summed E-state index contributed by atoms with van der Waals surface area (Å²) in [7, 11) is 1.93. The molecular weight excluding hydrogens is 306 g/mol. The second-order valence-electron chi connectivity index (χ2n) is 3.58. The predicted octanol–water partition coefficient (Wildman–Crippen LogP) is 2.13. The molecule has 0 aliphatic heterocycles. The quantitative estimate of drug-likeness (QED) is 0.812. The molecule has 0 saturated carbocycles. The summed E-state index contributed by atoms with van der Waals surface area (Å²) in [6.45, 7) is 3.83. The third-order valence-corrected chi connectivity index (χ3v) is 3.17. The monoisotopic (exact) mass is 322 g/mol. The van der Waals surface area contributed by atoms with Gasteiger partial charge >= 0.3 is 0 Å². The molecule has 1 aromatic carbocycles. The predicted molar refractivity (Wildman–Crippen MR) is 69.3 cm³/mol. The first kappa shape index (κ1) is 12.9.